The summed E-state index contributed by atoms with van der Waals surface area (Å²) in [6.07, 6.45) is -6.70. The Balaban J connectivity index is 2.91. The van der Waals surface area contributed by atoms with Gasteiger partial charge < -0.3 is 10.2 Å². The van der Waals surface area contributed by atoms with E-state index in [1.807, 2.05) is 0 Å². The Bertz CT molecular complexity index is 344. The Labute approximate surface area is 91.1 Å². The molecule has 0 radical (unpaired) electrons. The van der Waals surface area contributed by atoms with Gasteiger partial charge in [0.2, 0.25) is 0 Å². The van der Waals surface area contributed by atoms with Crippen LogP contribution < -0.4 is 0 Å². The van der Waals surface area contributed by atoms with Gasteiger partial charge in [-0.15, -0.1) is 0 Å². The lowest BCUT2D eigenvalue weighted by atomic mass is 10.0. The molecule has 0 saturated carbocycles. The van der Waals surface area contributed by atoms with E-state index >= 15 is 0 Å². The largest absolute Gasteiger partial charge is 0.385 e. The number of halogens is 3. The molecule has 0 aromatic heterocycles. The normalized spacial score (nSPS) is 15.4. The van der Waals surface area contributed by atoms with Gasteiger partial charge in [-0.2, -0.15) is 0 Å². The molecule has 84 valence electrons. The van der Waals surface area contributed by atoms with Crippen LogP contribution in [0.15, 0.2) is 18.2 Å². The van der Waals surface area contributed by atoms with Crippen molar-refractivity contribution in [3.63, 3.8) is 0 Å². The van der Waals surface area contributed by atoms with E-state index < -0.39 is 18.6 Å². The van der Waals surface area contributed by atoms with Crippen LogP contribution in [0.25, 0.3) is 0 Å². The van der Waals surface area contributed by atoms with Gasteiger partial charge in [-0.25, -0.2) is 8.78 Å². The number of aliphatic hydroxyl groups is 2. The topological polar surface area (TPSA) is 40.5 Å². The Kier molecular flexibility index (Phi) is 4.02. The molecule has 1 aromatic carbocycles. The van der Waals surface area contributed by atoms with E-state index in [0.29, 0.717) is 5.02 Å². The monoisotopic (exact) mass is 236 g/mol. The van der Waals surface area contributed by atoms with Gasteiger partial charge >= 0.3 is 0 Å². The number of rotatable bonds is 3. The minimum atomic E-state index is -2.99. The second-order valence-corrected chi connectivity index (χ2v) is 3.69. The number of benzene rings is 1. The van der Waals surface area contributed by atoms with E-state index in [4.69, 9.17) is 16.7 Å². The Morgan fingerprint density at radius 2 is 1.87 bits per heavy atom. The first-order valence-corrected chi connectivity index (χ1v) is 4.71. The average molecular weight is 237 g/mol. The Hall–Kier alpha value is -0.710. The molecule has 0 saturated heterocycles. The van der Waals surface area contributed by atoms with Gasteiger partial charge in [0.25, 0.3) is 6.43 Å². The van der Waals surface area contributed by atoms with E-state index in [1.165, 1.54) is 12.1 Å². The van der Waals surface area contributed by atoms with Crippen LogP contribution in [-0.4, -0.2) is 22.7 Å². The molecule has 15 heavy (non-hydrogen) atoms. The first-order valence-electron chi connectivity index (χ1n) is 4.34. The van der Waals surface area contributed by atoms with Crippen LogP contribution in [0.3, 0.4) is 0 Å². The third-order valence-corrected chi connectivity index (χ3v) is 2.53. The summed E-state index contributed by atoms with van der Waals surface area (Å²) in [5, 5.41) is 18.7. The molecule has 1 aromatic rings. The highest BCUT2D eigenvalue weighted by Crippen LogP contribution is 2.25. The number of aliphatic hydroxyl groups excluding tert-OH is 2. The summed E-state index contributed by atoms with van der Waals surface area (Å²) >= 11 is 5.76. The number of hydrogen-bond acceptors (Lipinski definition) is 2. The molecular weight excluding hydrogens is 226 g/mol. The first kappa shape index (κ1) is 12.4. The van der Waals surface area contributed by atoms with Gasteiger partial charge in [-0.05, 0) is 24.1 Å². The quantitative estimate of drug-likeness (QED) is 0.846. The molecule has 0 spiro atoms. The van der Waals surface area contributed by atoms with Gasteiger partial charge in [0, 0.05) is 5.02 Å². The highest BCUT2D eigenvalue weighted by molar-refractivity contribution is 6.31. The van der Waals surface area contributed by atoms with E-state index in [9.17, 15) is 13.9 Å². The van der Waals surface area contributed by atoms with Crippen LogP contribution in [0, 0.1) is 6.92 Å². The molecule has 2 atom stereocenters. The predicted molar refractivity (Wildman–Crippen MR) is 53.2 cm³/mol. The standard InChI is InChI=1S/C10H11ClF2O2/c1-5-2-3-6(4-7(5)11)8(14)9(15)10(12)13/h2-4,8-10,14-15H,1H3. The summed E-state index contributed by atoms with van der Waals surface area (Å²) in [4.78, 5) is 0. The minimum Gasteiger partial charge on any atom is -0.385 e. The summed E-state index contributed by atoms with van der Waals surface area (Å²) in [5.41, 5.74) is 0.956. The molecule has 2 N–H and O–H groups in total. The molecule has 2 nitrogen and oxygen atoms in total. The second kappa shape index (κ2) is 4.88. The average Bonchev–Trinajstić information content (AvgIpc) is 2.19. The lowest BCUT2D eigenvalue weighted by Crippen LogP contribution is -2.26. The maximum absolute atomic E-state index is 12.1. The Morgan fingerprint density at radius 1 is 1.27 bits per heavy atom. The maximum Gasteiger partial charge on any atom is 0.266 e. The fraction of sp³-hybridized carbons (Fsp3) is 0.400. The van der Waals surface area contributed by atoms with Gasteiger partial charge in [-0.1, -0.05) is 23.7 Å². The molecule has 0 fully saturated rings. The van der Waals surface area contributed by atoms with Crippen LogP contribution in [-0.2, 0) is 0 Å². The van der Waals surface area contributed by atoms with E-state index in [0.717, 1.165) is 5.56 Å². The van der Waals surface area contributed by atoms with E-state index in [-0.39, 0.29) is 5.56 Å². The number of aryl methyl sites for hydroxylation is 1. The third-order valence-electron chi connectivity index (χ3n) is 2.12. The fourth-order valence-corrected chi connectivity index (χ4v) is 1.32. The molecule has 0 aliphatic rings. The van der Waals surface area contributed by atoms with Crippen molar-refractivity contribution in [3.8, 4) is 0 Å². The lowest BCUT2D eigenvalue weighted by Gasteiger charge is -2.17. The maximum atomic E-state index is 12.1. The molecule has 0 heterocycles. The highest BCUT2D eigenvalue weighted by Gasteiger charge is 2.27. The van der Waals surface area contributed by atoms with E-state index in [2.05, 4.69) is 0 Å². The summed E-state index contributed by atoms with van der Waals surface area (Å²) < 4.78 is 24.2. The zero-order valence-corrected chi connectivity index (χ0v) is 8.75. The summed E-state index contributed by atoms with van der Waals surface area (Å²) in [6.45, 7) is 1.75. The molecule has 5 heteroatoms. The van der Waals surface area contributed by atoms with Crippen LogP contribution in [0.1, 0.15) is 17.2 Å². The molecule has 0 aliphatic carbocycles. The van der Waals surface area contributed by atoms with Gasteiger partial charge in [0.15, 0.2) is 0 Å². The predicted octanol–water partition coefficient (Wildman–Crippen LogP) is 2.31. The van der Waals surface area contributed by atoms with Crippen molar-refractivity contribution in [3.05, 3.63) is 34.3 Å². The van der Waals surface area contributed by atoms with Crippen LogP contribution in [0.4, 0.5) is 8.78 Å². The lowest BCUT2D eigenvalue weighted by molar-refractivity contribution is -0.0771. The second-order valence-electron chi connectivity index (χ2n) is 3.28. The summed E-state index contributed by atoms with van der Waals surface area (Å²) in [7, 11) is 0. The van der Waals surface area contributed by atoms with Crippen LogP contribution in [0.5, 0.6) is 0 Å². The van der Waals surface area contributed by atoms with Crippen molar-refractivity contribution in [2.24, 2.45) is 0 Å². The number of alkyl halides is 2. The van der Waals surface area contributed by atoms with Crippen molar-refractivity contribution in [1.29, 1.82) is 0 Å². The molecule has 2 unspecified atom stereocenters. The zero-order valence-electron chi connectivity index (χ0n) is 7.99. The minimum absolute atomic E-state index is 0.179. The molecular formula is C10H11ClF2O2. The number of hydrogen-bond donors (Lipinski definition) is 2. The molecule has 0 amide bonds. The van der Waals surface area contributed by atoms with Gasteiger partial charge in [-0.3, -0.25) is 0 Å². The van der Waals surface area contributed by atoms with Crippen LogP contribution >= 0.6 is 11.6 Å². The third kappa shape index (κ3) is 2.87. The van der Waals surface area contributed by atoms with Crippen LogP contribution in [0.2, 0.25) is 5.02 Å². The van der Waals surface area contributed by atoms with Gasteiger partial charge in [0.05, 0.1) is 0 Å². The van der Waals surface area contributed by atoms with Gasteiger partial charge in [0.1, 0.15) is 12.2 Å². The molecule has 1 rings (SSSR count). The molecule has 0 aliphatic heterocycles. The smallest absolute Gasteiger partial charge is 0.266 e. The van der Waals surface area contributed by atoms with Crippen molar-refractivity contribution in [1.82, 2.24) is 0 Å². The van der Waals surface area contributed by atoms with E-state index in [1.54, 1.807) is 13.0 Å². The van der Waals surface area contributed by atoms with Crippen molar-refractivity contribution < 1.29 is 19.0 Å². The Morgan fingerprint density at radius 3 is 2.33 bits per heavy atom. The van der Waals surface area contributed by atoms with Crippen molar-refractivity contribution in [2.75, 3.05) is 0 Å². The SMILES string of the molecule is Cc1ccc(C(O)C(O)C(F)F)cc1Cl. The van der Waals surface area contributed by atoms with Crippen molar-refractivity contribution >= 4 is 11.6 Å². The van der Waals surface area contributed by atoms with Crippen molar-refractivity contribution in [2.45, 2.75) is 25.6 Å². The summed E-state index contributed by atoms with van der Waals surface area (Å²) in [6, 6.07) is 4.42. The highest BCUT2D eigenvalue weighted by atomic mass is 35.5. The fourth-order valence-electron chi connectivity index (χ4n) is 1.13. The first-order chi connectivity index (χ1) is 6.93. The zero-order chi connectivity index (χ0) is 11.6. The molecule has 0 bridgehead atoms. The summed E-state index contributed by atoms with van der Waals surface area (Å²) in [5.74, 6) is 0.